The maximum Gasteiger partial charge on any atom is 0.264 e. The molecule has 2 heterocycles. The number of hydrogen-bond acceptors (Lipinski definition) is 4. The largest absolute Gasteiger partial charge is 0.415 e. The van der Waals surface area contributed by atoms with Crippen LogP contribution in [-0.2, 0) is 7.05 Å². The van der Waals surface area contributed by atoms with Gasteiger partial charge >= 0.3 is 0 Å². The van der Waals surface area contributed by atoms with E-state index in [4.69, 9.17) is 10.2 Å². The van der Waals surface area contributed by atoms with Gasteiger partial charge in [0.15, 0.2) is 0 Å². The highest BCUT2D eigenvalue weighted by Crippen LogP contribution is 2.32. The van der Waals surface area contributed by atoms with E-state index in [9.17, 15) is 0 Å². The molecular weight excluding hydrogens is 388 g/mol. The van der Waals surface area contributed by atoms with Crippen molar-refractivity contribution in [1.82, 2.24) is 14.8 Å². The van der Waals surface area contributed by atoms with Crippen LogP contribution in [0.2, 0.25) is 0 Å². The molecule has 0 aliphatic heterocycles. The lowest BCUT2D eigenvalue weighted by molar-refractivity contribution is 0.578. The quantitative estimate of drug-likeness (QED) is 0.666. The van der Waals surface area contributed by atoms with Crippen molar-refractivity contribution in [3.05, 3.63) is 39.4 Å². The normalized spacial score (nSPS) is 10.9. The van der Waals surface area contributed by atoms with Crippen molar-refractivity contribution in [2.24, 2.45) is 7.05 Å². The first kappa shape index (κ1) is 13.4. The van der Waals surface area contributed by atoms with Crippen LogP contribution in [0.3, 0.4) is 0 Å². The molecule has 7 heteroatoms. The summed E-state index contributed by atoms with van der Waals surface area (Å²) < 4.78 is 9.49. The van der Waals surface area contributed by atoms with E-state index >= 15 is 0 Å². The molecule has 0 fully saturated rings. The number of hydrogen-bond donors (Lipinski definition) is 1. The minimum atomic E-state index is 0.464. The topological polar surface area (TPSA) is 69.9 Å². The third kappa shape index (κ3) is 2.27. The van der Waals surface area contributed by atoms with Gasteiger partial charge < -0.3 is 14.7 Å². The summed E-state index contributed by atoms with van der Waals surface area (Å²) >= 11 is 6.92. The minimum absolute atomic E-state index is 0.464. The Bertz CT molecular complexity index is 761. The summed E-state index contributed by atoms with van der Waals surface area (Å²) in [4.78, 5) is 0. The van der Waals surface area contributed by atoms with Gasteiger partial charge in [0.1, 0.15) is 5.69 Å². The number of benzene rings is 1. The predicted octanol–water partition coefficient (Wildman–Crippen LogP) is 3.85. The zero-order chi connectivity index (χ0) is 14.3. The van der Waals surface area contributed by atoms with E-state index in [1.807, 2.05) is 29.8 Å². The van der Waals surface area contributed by atoms with E-state index in [0.717, 1.165) is 20.3 Å². The van der Waals surface area contributed by atoms with Crippen LogP contribution in [-0.4, -0.2) is 14.8 Å². The Morgan fingerprint density at radius 3 is 2.35 bits per heavy atom. The van der Waals surface area contributed by atoms with Crippen LogP contribution in [0.1, 0.15) is 0 Å². The number of rotatable bonds is 2. The average molecular weight is 398 g/mol. The summed E-state index contributed by atoms with van der Waals surface area (Å²) in [5, 5.41) is 8.16. The van der Waals surface area contributed by atoms with Gasteiger partial charge in [-0.2, -0.15) is 0 Å². The van der Waals surface area contributed by atoms with Crippen LogP contribution in [0, 0.1) is 0 Å². The molecule has 1 aromatic carbocycles. The van der Waals surface area contributed by atoms with E-state index in [-0.39, 0.29) is 0 Å². The number of nitrogens with two attached hydrogens (primary N) is 1. The molecule has 3 aromatic rings. The van der Waals surface area contributed by atoms with E-state index in [2.05, 4.69) is 42.1 Å². The molecule has 0 unspecified atom stereocenters. The Hall–Kier alpha value is -1.60. The van der Waals surface area contributed by atoms with E-state index in [1.54, 1.807) is 12.1 Å². The van der Waals surface area contributed by atoms with Crippen LogP contribution in [0.15, 0.2) is 43.8 Å². The lowest BCUT2D eigenvalue weighted by Crippen LogP contribution is -1.91. The van der Waals surface area contributed by atoms with Crippen LogP contribution in [0.4, 0.5) is 5.69 Å². The second-order valence-electron chi connectivity index (χ2n) is 4.26. The smallest absolute Gasteiger partial charge is 0.264 e. The Morgan fingerprint density at radius 2 is 1.75 bits per heavy atom. The lowest BCUT2D eigenvalue weighted by Gasteiger charge is -1.99. The highest BCUT2D eigenvalue weighted by molar-refractivity contribution is 9.13. The minimum Gasteiger partial charge on any atom is -0.415 e. The van der Waals surface area contributed by atoms with Gasteiger partial charge in [0.2, 0.25) is 5.89 Å². The monoisotopic (exact) mass is 396 g/mol. The molecule has 0 amide bonds. The van der Waals surface area contributed by atoms with Crippen molar-refractivity contribution < 1.29 is 4.42 Å². The van der Waals surface area contributed by atoms with Crippen molar-refractivity contribution in [3.63, 3.8) is 0 Å². The van der Waals surface area contributed by atoms with Gasteiger partial charge in [0.05, 0.1) is 9.08 Å². The Morgan fingerprint density at radius 1 is 1.10 bits per heavy atom. The second-order valence-corrected chi connectivity index (χ2v) is 5.87. The summed E-state index contributed by atoms with van der Waals surface area (Å²) in [5.74, 6) is 0.930. The zero-order valence-electron chi connectivity index (χ0n) is 10.5. The summed E-state index contributed by atoms with van der Waals surface area (Å²) in [6.07, 6.45) is 0. The highest BCUT2D eigenvalue weighted by atomic mass is 79.9. The Balaban J connectivity index is 2.01. The molecule has 0 atom stereocenters. The fraction of sp³-hybridized carbons (Fsp3) is 0.0769. The predicted molar refractivity (Wildman–Crippen MR) is 84.0 cm³/mol. The van der Waals surface area contributed by atoms with Crippen molar-refractivity contribution in [1.29, 1.82) is 0 Å². The molecule has 0 saturated carbocycles. The van der Waals surface area contributed by atoms with E-state index < -0.39 is 0 Å². The molecule has 0 bridgehead atoms. The fourth-order valence-corrected chi connectivity index (χ4v) is 2.60. The SMILES string of the molecule is Cn1c(-c2nnc(-c3ccc(N)cc3)o2)cc(Br)c1Br. The lowest BCUT2D eigenvalue weighted by atomic mass is 10.2. The third-order valence-corrected chi connectivity index (χ3v) is 5.01. The first-order valence-corrected chi connectivity index (χ1v) is 7.35. The third-order valence-electron chi connectivity index (χ3n) is 2.92. The standard InChI is InChI=1S/C13H10Br2N4O/c1-19-10(6-9(14)11(19)15)13-18-17-12(20-13)7-2-4-8(16)5-3-7/h2-6H,16H2,1H3. The average Bonchev–Trinajstić information content (AvgIpc) is 3.01. The molecule has 0 aliphatic carbocycles. The summed E-state index contributed by atoms with van der Waals surface area (Å²) in [6.45, 7) is 0. The van der Waals surface area contributed by atoms with Crippen molar-refractivity contribution in [2.75, 3.05) is 5.73 Å². The van der Waals surface area contributed by atoms with Gasteiger partial charge in [-0.1, -0.05) is 0 Å². The van der Waals surface area contributed by atoms with Gasteiger partial charge in [0.25, 0.3) is 5.89 Å². The number of nitrogen functional groups attached to an aromatic ring is 1. The summed E-state index contributed by atoms with van der Waals surface area (Å²) in [6, 6.07) is 9.22. The maximum atomic E-state index is 5.72. The second kappa shape index (κ2) is 5.06. The molecule has 0 radical (unpaired) electrons. The van der Waals surface area contributed by atoms with Crippen molar-refractivity contribution in [2.45, 2.75) is 0 Å². The van der Waals surface area contributed by atoms with Crippen LogP contribution in [0.5, 0.6) is 0 Å². The van der Waals surface area contributed by atoms with E-state index in [1.165, 1.54) is 0 Å². The van der Waals surface area contributed by atoms with Crippen LogP contribution < -0.4 is 5.73 Å². The first-order valence-electron chi connectivity index (χ1n) is 5.77. The number of nitrogens with zero attached hydrogens (tertiary/aromatic N) is 3. The van der Waals surface area contributed by atoms with Crippen molar-refractivity contribution >= 4 is 37.5 Å². The maximum absolute atomic E-state index is 5.72. The molecule has 2 aromatic heterocycles. The zero-order valence-corrected chi connectivity index (χ0v) is 13.6. The fourth-order valence-electron chi connectivity index (χ4n) is 1.82. The van der Waals surface area contributed by atoms with Gasteiger partial charge in [-0.3, -0.25) is 0 Å². The molecule has 3 rings (SSSR count). The molecule has 5 nitrogen and oxygen atoms in total. The molecule has 102 valence electrons. The van der Waals surface area contributed by atoms with Gasteiger partial charge in [-0.05, 0) is 62.2 Å². The molecule has 20 heavy (non-hydrogen) atoms. The highest BCUT2D eigenvalue weighted by Gasteiger charge is 2.16. The van der Waals surface area contributed by atoms with Gasteiger partial charge in [-0.15, -0.1) is 10.2 Å². The number of halogens is 2. The Labute approximate surface area is 132 Å². The molecule has 0 spiro atoms. The molecule has 0 saturated heterocycles. The van der Waals surface area contributed by atoms with Crippen molar-refractivity contribution in [3.8, 4) is 23.0 Å². The summed E-state index contributed by atoms with van der Waals surface area (Å²) in [5.41, 5.74) is 8.03. The van der Waals surface area contributed by atoms with Crippen LogP contribution in [0.25, 0.3) is 23.0 Å². The van der Waals surface area contributed by atoms with Gasteiger partial charge in [0, 0.05) is 18.3 Å². The van der Waals surface area contributed by atoms with Crippen LogP contribution >= 0.6 is 31.9 Å². The van der Waals surface area contributed by atoms with Gasteiger partial charge in [-0.25, -0.2) is 0 Å². The first-order chi connectivity index (χ1) is 9.56. The molecular formula is C13H10Br2N4O. The molecule has 2 N–H and O–H groups in total. The summed E-state index contributed by atoms with van der Waals surface area (Å²) in [7, 11) is 1.91. The van der Waals surface area contributed by atoms with E-state index in [0.29, 0.717) is 17.5 Å². The molecule has 0 aliphatic rings. The Kier molecular flexibility index (Phi) is 3.39. The number of aromatic nitrogens is 3. The number of anilines is 1.